The molecule has 2 atom stereocenters. The number of likely N-dealkylation sites (tertiary alicyclic amines) is 1. The van der Waals surface area contributed by atoms with Crippen LogP contribution in [0, 0.1) is 0 Å². The minimum absolute atomic E-state index is 0.220. The first-order chi connectivity index (χ1) is 8.56. The van der Waals surface area contributed by atoms with Crippen LogP contribution in [0.4, 0.5) is 9.59 Å². The second-order valence-electron chi connectivity index (χ2n) is 4.21. The molecule has 0 spiro atoms. The van der Waals surface area contributed by atoms with E-state index in [9.17, 15) is 14.7 Å². The second-order valence-corrected chi connectivity index (χ2v) is 4.21. The molecule has 1 fully saturated rings. The monoisotopic (exact) mass is 260 g/mol. The lowest BCUT2D eigenvalue weighted by molar-refractivity contribution is 0.00556. The van der Waals surface area contributed by atoms with Crippen LogP contribution in [0.3, 0.4) is 0 Å². The number of carbonyl (C=O) groups excluding carboxylic acids is 2. The highest BCUT2D eigenvalue weighted by molar-refractivity contribution is 5.80. The van der Waals surface area contributed by atoms with E-state index in [1.165, 1.54) is 0 Å². The summed E-state index contributed by atoms with van der Waals surface area (Å²) in [6.07, 6.45) is -0.781. The fourth-order valence-electron chi connectivity index (χ4n) is 1.67. The number of nitrogens with two attached hydrogens (primary N) is 1. The molecular weight excluding hydrogens is 240 g/mol. The number of ether oxygens (including phenoxy) is 2. The molecule has 3 N–H and O–H groups in total. The Hall–Kier alpha value is -1.34. The van der Waals surface area contributed by atoms with Crippen molar-refractivity contribution in [3.05, 3.63) is 0 Å². The van der Waals surface area contributed by atoms with Gasteiger partial charge in [0.25, 0.3) is 0 Å². The van der Waals surface area contributed by atoms with Crippen molar-refractivity contribution in [3.63, 3.8) is 0 Å². The molecule has 0 saturated carbocycles. The normalized spacial score (nSPS) is 23.6. The van der Waals surface area contributed by atoms with E-state index in [2.05, 4.69) is 4.74 Å². The molecule has 7 heteroatoms. The molecule has 1 aliphatic heterocycles. The quantitative estimate of drug-likeness (QED) is 0.442. The van der Waals surface area contributed by atoms with E-state index in [0.29, 0.717) is 25.8 Å². The van der Waals surface area contributed by atoms with Gasteiger partial charge in [0.15, 0.2) is 0 Å². The van der Waals surface area contributed by atoms with Gasteiger partial charge in [-0.2, -0.15) is 0 Å². The van der Waals surface area contributed by atoms with Crippen molar-refractivity contribution in [2.45, 2.75) is 44.9 Å². The van der Waals surface area contributed by atoms with Gasteiger partial charge in [-0.25, -0.2) is 9.59 Å². The number of amides is 1. The van der Waals surface area contributed by atoms with Gasteiger partial charge in [-0.1, -0.05) is 13.3 Å². The van der Waals surface area contributed by atoms with Gasteiger partial charge in [0.2, 0.25) is 0 Å². The topological polar surface area (TPSA) is 102 Å². The minimum Gasteiger partial charge on any atom is -0.434 e. The molecule has 0 bridgehead atoms. The molecule has 18 heavy (non-hydrogen) atoms. The summed E-state index contributed by atoms with van der Waals surface area (Å²) in [5.41, 5.74) is 5.64. The van der Waals surface area contributed by atoms with Crippen molar-refractivity contribution in [3.8, 4) is 0 Å². The van der Waals surface area contributed by atoms with Crippen LogP contribution < -0.4 is 5.73 Å². The largest absolute Gasteiger partial charge is 0.517 e. The zero-order valence-electron chi connectivity index (χ0n) is 10.5. The van der Waals surface area contributed by atoms with E-state index in [1.807, 2.05) is 6.92 Å². The van der Waals surface area contributed by atoms with Gasteiger partial charge in [-0.3, -0.25) is 4.90 Å². The first-order valence-electron chi connectivity index (χ1n) is 6.15. The summed E-state index contributed by atoms with van der Waals surface area (Å²) >= 11 is 0. The van der Waals surface area contributed by atoms with Gasteiger partial charge >= 0.3 is 12.2 Å². The number of hydrogen-bond acceptors (Lipinski definition) is 6. The van der Waals surface area contributed by atoms with Crippen LogP contribution in [-0.2, 0) is 9.47 Å². The molecule has 7 nitrogen and oxygen atoms in total. The van der Waals surface area contributed by atoms with Gasteiger partial charge in [-0.05, 0) is 19.3 Å². The van der Waals surface area contributed by atoms with E-state index in [0.717, 1.165) is 11.3 Å². The summed E-state index contributed by atoms with van der Waals surface area (Å²) in [5.74, 6) is 0. The number of aliphatic hydroxyl groups excluding tert-OH is 1. The van der Waals surface area contributed by atoms with E-state index >= 15 is 0 Å². The van der Waals surface area contributed by atoms with Crippen LogP contribution in [0.5, 0.6) is 0 Å². The molecule has 1 amide bonds. The van der Waals surface area contributed by atoms with Gasteiger partial charge in [0.1, 0.15) is 6.17 Å². The molecule has 0 aromatic heterocycles. The van der Waals surface area contributed by atoms with Gasteiger partial charge in [0.05, 0.1) is 12.7 Å². The predicted octanol–water partition coefficient (Wildman–Crippen LogP) is 0.801. The Labute approximate surface area is 106 Å². The summed E-state index contributed by atoms with van der Waals surface area (Å²) in [5, 5.41) is 9.51. The molecule has 0 radical (unpaired) electrons. The lowest BCUT2D eigenvalue weighted by atomic mass is 10.1. The number of aliphatic hydroxyl groups is 1. The number of carbonyl (C=O) groups is 2. The number of nitrogens with zero attached hydrogens (tertiary/aromatic N) is 1. The van der Waals surface area contributed by atoms with Crippen molar-refractivity contribution < 1.29 is 24.2 Å². The summed E-state index contributed by atoms with van der Waals surface area (Å²) < 4.78 is 9.18. The smallest absolute Gasteiger partial charge is 0.434 e. The van der Waals surface area contributed by atoms with E-state index in [1.54, 1.807) is 0 Å². The van der Waals surface area contributed by atoms with Crippen LogP contribution in [0.2, 0.25) is 0 Å². The average molecular weight is 260 g/mol. The third-order valence-corrected chi connectivity index (χ3v) is 2.78. The molecule has 104 valence electrons. The van der Waals surface area contributed by atoms with Crippen molar-refractivity contribution in [2.75, 3.05) is 13.2 Å². The van der Waals surface area contributed by atoms with Crippen molar-refractivity contribution in [1.29, 1.82) is 0 Å². The van der Waals surface area contributed by atoms with Gasteiger partial charge in [-0.15, -0.1) is 0 Å². The highest BCUT2D eigenvalue weighted by atomic mass is 16.7. The SMILES string of the molecule is CCCCOC(=O)OC(=O)N1CCCC(O)C1N. The third kappa shape index (κ3) is 4.15. The highest BCUT2D eigenvalue weighted by Gasteiger charge is 2.32. The van der Waals surface area contributed by atoms with Gasteiger partial charge in [0, 0.05) is 6.54 Å². The summed E-state index contributed by atoms with van der Waals surface area (Å²) in [6.45, 7) is 2.53. The van der Waals surface area contributed by atoms with Crippen LogP contribution in [0.15, 0.2) is 0 Å². The molecule has 2 unspecified atom stereocenters. The first kappa shape index (κ1) is 14.7. The zero-order chi connectivity index (χ0) is 13.5. The summed E-state index contributed by atoms with van der Waals surface area (Å²) in [7, 11) is 0. The van der Waals surface area contributed by atoms with Crippen LogP contribution in [-0.4, -0.2) is 47.7 Å². The summed E-state index contributed by atoms with van der Waals surface area (Å²) in [4.78, 5) is 23.9. The molecule has 0 aliphatic carbocycles. The number of hydrogen-bond donors (Lipinski definition) is 2. The Bertz CT molecular complexity index is 297. The zero-order valence-corrected chi connectivity index (χ0v) is 10.5. The average Bonchev–Trinajstić information content (AvgIpc) is 2.32. The Balaban J connectivity index is 2.37. The lowest BCUT2D eigenvalue weighted by Gasteiger charge is -2.35. The maximum atomic E-state index is 11.6. The molecule has 0 aromatic rings. The van der Waals surface area contributed by atoms with Crippen molar-refractivity contribution >= 4 is 12.2 Å². The molecule has 1 saturated heterocycles. The third-order valence-electron chi connectivity index (χ3n) is 2.78. The fourth-order valence-corrected chi connectivity index (χ4v) is 1.67. The highest BCUT2D eigenvalue weighted by Crippen LogP contribution is 2.15. The second kappa shape index (κ2) is 7.17. The first-order valence-corrected chi connectivity index (χ1v) is 6.15. The van der Waals surface area contributed by atoms with Crippen LogP contribution in [0.1, 0.15) is 32.6 Å². The molecule has 1 heterocycles. The molecule has 1 aliphatic rings. The Morgan fingerprint density at radius 2 is 2.22 bits per heavy atom. The summed E-state index contributed by atoms with van der Waals surface area (Å²) in [6, 6.07) is 0. The maximum Gasteiger partial charge on any atom is 0.517 e. The van der Waals surface area contributed by atoms with E-state index in [-0.39, 0.29) is 6.61 Å². The predicted molar refractivity (Wildman–Crippen MR) is 62.7 cm³/mol. The van der Waals surface area contributed by atoms with Crippen molar-refractivity contribution in [1.82, 2.24) is 4.90 Å². The number of rotatable bonds is 3. The Morgan fingerprint density at radius 1 is 1.50 bits per heavy atom. The van der Waals surface area contributed by atoms with E-state index < -0.39 is 24.5 Å². The Kier molecular flexibility index (Phi) is 5.87. The fraction of sp³-hybridized carbons (Fsp3) is 0.818. The maximum absolute atomic E-state index is 11.6. The Morgan fingerprint density at radius 3 is 2.89 bits per heavy atom. The van der Waals surface area contributed by atoms with Crippen molar-refractivity contribution in [2.24, 2.45) is 5.73 Å². The number of unbranched alkanes of at least 4 members (excludes halogenated alkanes) is 1. The lowest BCUT2D eigenvalue weighted by Crippen LogP contribution is -2.56. The van der Waals surface area contributed by atoms with Gasteiger partial charge < -0.3 is 20.3 Å². The standard InChI is InChI=1S/C11H20N2O5/c1-2-3-7-17-11(16)18-10(15)13-6-4-5-8(14)9(13)12/h8-9,14H,2-7,12H2,1H3. The molecular formula is C11H20N2O5. The van der Waals surface area contributed by atoms with Crippen LogP contribution in [0.25, 0.3) is 0 Å². The minimum atomic E-state index is -1.03. The van der Waals surface area contributed by atoms with Crippen LogP contribution >= 0.6 is 0 Å². The molecule has 0 aromatic carbocycles. The molecule has 1 rings (SSSR count). The number of piperidine rings is 1. The van der Waals surface area contributed by atoms with E-state index in [4.69, 9.17) is 10.5 Å².